The number of hydrazine groups is 1. The van der Waals surface area contributed by atoms with E-state index in [4.69, 9.17) is 10.6 Å². The third-order valence-electron chi connectivity index (χ3n) is 2.72. The fourth-order valence-electron chi connectivity index (χ4n) is 1.66. The molecule has 0 atom stereocenters. The minimum Gasteiger partial charge on any atom is -0.486 e. The summed E-state index contributed by atoms with van der Waals surface area (Å²) >= 11 is 3.13. The number of nitrogen functional groups attached to an aromatic ring is 1. The highest BCUT2D eigenvalue weighted by Crippen LogP contribution is 2.23. The Kier molecular flexibility index (Phi) is 4.87. The molecule has 1 amide bonds. The third-order valence-corrected chi connectivity index (χ3v) is 3.21. The third kappa shape index (κ3) is 3.77. The summed E-state index contributed by atoms with van der Waals surface area (Å²) in [6.07, 6.45) is 0. The molecule has 0 heterocycles. The summed E-state index contributed by atoms with van der Waals surface area (Å²) < 4.78 is 33.0. The number of amides is 1. The first-order chi connectivity index (χ1) is 10.0. The van der Waals surface area contributed by atoms with Crippen molar-refractivity contribution in [1.82, 2.24) is 5.43 Å². The van der Waals surface area contributed by atoms with E-state index in [-0.39, 0.29) is 23.5 Å². The lowest BCUT2D eigenvalue weighted by Crippen LogP contribution is -2.30. The lowest BCUT2D eigenvalue weighted by molar-refractivity contribution is 0.0953. The summed E-state index contributed by atoms with van der Waals surface area (Å²) in [5.41, 5.74) is 2.26. The molecule has 110 valence electrons. The van der Waals surface area contributed by atoms with Crippen molar-refractivity contribution in [3.63, 3.8) is 0 Å². The summed E-state index contributed by atoms with van der Waals surface area (Å²) in [6, 6.07) is 7.99. The standard InChI is InChI=1S/C14H11BrF2N2O2/c15-10-2-4-13(12(17)6-10)21-7-9-5-8(14(20)19-18)1-3-11(9)16/h1-6H,7,18H2,(H,19,20). The Hall–Kier alpha value is -1.99. The normalized spacial score (nSPS) is 10.3. The SMILES string of the molecule is NNC(=O)c1ccc(F)c(COc2ccc(Br)cc2F)c1. The molecule has 0 aliphatic rings. The van der Waals surface area contributed by atoms with Gasteiger partial charge < -0.3 is 4.74 Å². The van der Waals surface area contributed by atoms with Crippen LogP contribution in [0.15, 0.2) is 40.9 Å². The number of ether oxygens (including phenoxy) is 1. The number of nitrogens with two attached hydrogens (primary N) is 1. The molecule has 0 bridgehead atoms. The van der Waals surface area contributed by atoms with Crippen LogP contribution in [0.1, 0.15) is 15.9 Å². The molecule has 2 rings (SSSR count). The van der Waals surface area contributed by atoms with Gasteiger partial charge in [0.05, 0.1) is 0 Å². The minimum atomic E-state index is -0.569. The van der Waals surface area contributed by atoms with Gasteiger partial charge in [-0.1, -0.05) is 15.9 Å². The zero-order chi connectivity index (χ0) is 15.4. The number of carbonyl (C=O) groups excluding carboxylic acids is 1. The van der Waals surface area contributed by atoms with Crippen LogP contribution in [0.2, 0.25) is 0 Å². The van der Waals surface area contributed by atoms with Crippen molar-refractivity contribution < 1.29 is 18.3 Å². The van der Waals surface area contributed by atoms with E-state index in [1.807, 2.05) is 5.43 Å². The van der Waals surface area contributed by atoms with Gasteiger partial charge in [-0.3, -0.25) is 10.2 Å². The summed E-state index contributed by atoms with van der Waals surface area (Å²) in [5.74, 6) is 3.33. The maximum absolute atomic E-state index is 13.7. The van der Waals surface area contributed by atoms with Crippen LogP contribution in [-0.4, -0.2) is 5.91 Å². The van der Waals surface area contributed by atoms with Crippen LogP contribution in [0, 0.1) is 11.6 Å². The molecule has 0 aliphatic heterocycles. The lowest BCUT2D eigenvalue weighted by Gasteiger charge is -2.09. The van der Waals surface area contributed by atoms with E-state index in [1.54, 1.807) is 6.07 Å². The molecule has 0 saturated heterocycles. The van der Waals surface area contributed by atoms with Gasteiger partial charge in [0.15, 0.2) is 11.6 Å². The molecule has 4 nitrogen and oxygen atoms in total. The second-order valence-electron chi connectivity index (χ2n) is 4.14. The van der Waals surface area contributed by atoms with Crippen molar-refractivity contribution in [2.75, 3.05) is 0 Å². The molecule has 21 heavy (non-hydrogen) atoms. The monoisotopic (exact) mass is 356 g/mol. The average molecular weight is 357 g/mol. The Labute approximate surface area is 128 Å². The van der Waals surface area contributed by atoms with Crippen molar-refractivity contribution in [1.29, 1.82) is 0 Å². The Morgan fingerprint density at radius 2 is 1.95 bits per heavy atom. The molecule has 2 aromatic carbocycles. The molecule has 7 heteroatoms. The van der Waals surface area contributed by atoms with Gasteiger partial charge in [-0.25, -0.2) is 14.6 Å². The second-order valence-corrected chi connectivity index (χ2v) is 5.06. The maximum atomic E-state index is 13.7. The Morgan fingerprint density at radius 3 is 2.62 bits per heavy atom. The van der Waals surface area contributed by atoms with Crippen molar-refractivity contribution in [2.45, 2.75) is 6.61 Å². The van der Waals surface area contributed by atoms with E-state index in [2.05, 4.69) is 15.9 Å². The van der Waals surface area contributed by atoms with Crippen molar-refractivity contribution in [3.8, 4) is 5.75 Å². The largest absolute Gasteiger partial charge is 0.486 e. The second kappa shape index (κ2) is 6.64. The molecular weight excluding hydrogens is 346 g/mol. The molecule has 0 saturated carbocycles. The number of carbonyl (C=O) groups is 1. The molecule has 0 unspecified atom stereocenters. The van der Waals surface area contributed by atoms with Gasteiger partial charge >= 0.3 is 0 Å². The van der Waals surface area contributed by atoms with E-state index in [9.17, 15) is 13.6 Å². The molecule has 0 fully saturated rings. The predicted octanol–water partition coefficient (Wildman–Crippen LogP) is 2.91. The first-order valence-corrected chi connectivity index (χ1v) is 6.68. The van der Waals surface area contributed by atoms with E-state index in [0.717, 1.165) is 6.07 Å². The Morgan fingerprint density at radius 1 is 1.19 bits per heavy atom. The Balaban J connectivity index is 2.17. The van der Waals surface area contributed by atoms with E-state index < -0.39 is 17.5 Å². The molecule has 0 radical (unpaired) electrons. The summed E-state index contributed by atoms with van der Waals surface area (Å²) in [4.78, 5) is 11.4. The van der Waals surface area contributed by atoms with Crippen molar-refractivity contribution in [3.05, 3.63) is 63.6 Å². The van der Waals surface area contributed by atoms with Crippen LogP contribution in [0.5, 0.6) is 5.75 Å². The highest BCUT2D eigenvalue weighted by molar-refractivity contribution is 9.10. The fraction of sp³-hybridized carbons (Fsp3) is 0.0714. The number of hydrogen-bond donors (Lipinski definition) is 2. The highest BCUT2D eigenvalue weighted by Gasteiger charge is 2.11. The van der Waals surface area contributed by atoms with Crippen LogP contribution in [0.3, 0.4) is 0 Å². The lowest BCUT2D eigenvalue weighted by atomic mass is 10.1. The molecular formula is C14H11BrF2N2O2. The van der Waals surface area contributed by atoms with Crippen LogP contribution in [0.25, 0.3) is 0 Å². The van der Waals surface area contributed by atoms with Crippen molar-refractivity contribution in [2.24, 2.45) is 5.84 Å². The van der Waals surface area contributed by atoms with Crippen LogP contribution < -0.4 is 16.0 Å². The molecule has 3 N–H and O–H groups in total. The van der Waals surface area contributed by atoms with E-state index >= 15 is 0 Å². The number of benzene rings is 2. The van der Waals surface area contributed by atoms with E-state index in [1.165, 1.54) is 24.3 Å². The zero-order valence-electron chi connectivity index (χ0n) is 10.7. The van der Waals surface area contributed by atoms with Gasteiger partial charge in [0.1, 0.15) is 12.4 Å². The molecule has 0 aliphatic carbocycles. The van der Waals surface area contributed by atoms with Gasteiger partial charge in [-0.2, -0.15) is 0 Å². The van der Waals surface area contributed by atoms with Crippen LogP contribution in [0.4, 0.5) is 8.78 Å². The number of rotatable bonds is 4. The van der Waals surface area contributed by atoms with Gasteiger partial charge in [-0.15, -0.1) is 0 Å². The molecule has 0 aromatic heterocycles. The average Bonchev–Trinajstić information content (AvgIpc) is 2.47. The number of hydrogen-bond acceptors (Lipinski definition) is 3. The Bertz CT molecular complexity index is 680. The first kappa shape index (κ1) is 15.4. The number of nitrogens with one attached hydrogen (secondary N) is 1. The zero-order valence-corrected chi connectivity index (χ0v) is 12.3. The summed E-state index contributed by atoms with van der Waals surface area (Å²) in [5, 5.41) is 0. The van der Waals surface area contributed by atoms with Gasteiger partial charge in [0.2, 0.25) is 0 Å². The van der Waals surface area contributed by atoms with Gasteiger partial charge in [-0.05, 0) is 36.4 Å². The van der Waals surface area contributed by atoms with Gasteiger partial charge in [0, 0.05) is 15.6 Å². The predicted molar refractivity (Wildman–Crippen MR) is 76.5 cm³/mol. The molecule has 0 spiro atoms. The minimum absolute atomic E-state index is 0.00807. The fourth-order valence-corrected chi connectivity index (χ4v) is 1.99. The summed E-state index contributed by atoms with van der Waals surface area (Å²) in [7, 11) is 0. The molecule has 2 aromatic rings. The van der Waals surface area contributed by atoms with Gasteiger partial charge in [0.25, 0.3) is 5.91 Å². The van der Waals surface area contributed by atoms with Crippen LogP contribution in [-0.2, 0) is 6.61 Å². The quantitative estimate of drug-likeness (QED) is 0.503. The van der Waals surface area contributed by atoms with E-state index in [0.29, 0.717) is 4.47 Å². The number of halogens is 3. The smallest absolute Gasteiger partial charge is 0.265 e. The first-order valence-electron chi connectivity index (χ1n) is 5.88. The summed E-state index contributed by atoms with van der Waals surface area (Å²) in [6.45, 7) is -0.212. The topological polar surface area (TPSA) is 64.3 Å². The van der Waals surface area contributed by atoms with Crippen LogP contribution >= 0.6 is 15.9 Å². The van der Waals surface area contributed by atoms with Crippen molar-refractivity contribution >= 4 is 21.8 Å². The maximum Gasteiger partial charge on any atom is 0.265 e. The highest BCUT2D eigenvalue weighted by atomic mass is 79.9.